The van der Waals surface area contributed by atoms with Crippen LogP contribution in [0, 0.1) is 0 Å². The fraction of sp³-hybridized carbons (Fsp3) is 0.880. The number of ether oxygens (including phenoxy) is 2. The van der Waals surface area contributed by atoms with Crippen molar-refractivity contribution in [3.05, 3.63) is 24.3 Å². The van der Waals surface area contributed by atoms with Crippen molar-refractivity contribution in [2.75, 3.05) is 40.3 Å². The smallest absolute Gasteiger partial charge is 0.306 e. The first-order valence-corrected chi connectivity index (χ1v) is 24.7. The molecule has 0 aliphatic heterocycles. The Balaban J connectivity index is 0. The number of hydrogen-bond donors (Lipinski definition) is 1. The van der Waals surface area contributed by atoms with Gasteiger partial charge in [0, 0.05) is 53.3 Å². The van der Waals surface area contributed by atoms with Crippen molar-refractivity contribution in [1.82, 2.24) is 15.3 Å². The maximum atomic E-state index is 12.7. The van der Waals surface area contributed by atoms with Gasteiger partial charge in [0.1, 0.15) is 12.2 Å². The van der Waals surface area contributed by atoms with E-state index in [-0.39, 0.29) is 25.6 Å². The third-order valence-electron chi connectivity index (χ3n) is 10.9. The summed E-state index contributed by atoms with van der Waals surface area (Å²) < 4.78 is 11.9. The molecule has 2 atom stereocenters. The molecule has 0 saturated heterocycles. The SMILES string of the molecule is CCCCC/C=C\CC(CCCCCC)OC(=O)CCCCCCCN(CCCCCCCC(=O)OC(C/C=C\CCCCC)CCCCCC)NCCN(C)C.[HH]. The maximum Gasteiger partial charge on any atom is 0.306 e. The zero-order chi connectivity index (χ0) is 41.9. The van der Waals surface area contributed by atoms with E-state index in [4.69, 9.17) is 9.47 Å². The molecule has 7 heteroatoms. The second-order valence-electron chi connectivity index (χ2n) is 17.1. The lowest BCUT2D eigenvalue weighted by molar-refractivity contribution is -0.150. The number of likely N-dealkylation sites (N-methyl/N-ethyl adjacent to an activating group) is 1. The number of nitrogens with zero attached hydrogens (tertiary/aromatic N) is 2. The fourth-order valence-electron chi connectivity index (χ4n) is 7.20. The lowest BCUT2D eigenvalue weighted by Crippen LogP contribution is -2.42. The van der Waals surface area contributed by atoms with Crippen molar-refractivity contribution in [3.63, 3.8) is 0 Å². The van der Waals surface area contributed by atoms with Crippen LogP contribution in [0.4, 0.5) is 0 Å². The van der Waals surface area contributed by atoms with Crippen LogP contribution >= 0.6 is 0 Å². The second-order valence-corrected chi connectivity index (χ2v) is 17.1. The molecule has 0 aliphatic carbocycles. The van der Waals surface area contributed by atoms with E-state index in [9.17, 15) is 9.59 Å². The minimum atomic E-state index is -0.00987. The third kappa shape index (κ3) is 40.8. The van der Waals surface area contributed by atoms with E-state index in [1.54, 1.807) is 0 Å². The Labute approximate surface area is 356 Å². The summed E-state index contributed by atoms with van der Waals surface area (Å²) in [6.07, 6.45) is 44.5. The van der Waals surface area contributed by atoms with Crippen LogP contribution in [0.2, 0.25) is 0 Å². The third-order valence-corrected chi connectivity index (χ3v) is 10.9. The molecular weight excluding hydrogens is 707 g/mol. The molecule has 0 amide bonds. The van der Waals surface area contributed by atoms with Gasteiger partial charge in [0.05, 0.1) is 0 Å². The molecule has 0 aromatic heterocycles. The molecule has 0 aliphatic rings. The monoisotopic (exact) mass is 806 g/mol. The largest absolute Gasteiger partial charge is 0.462 e. The van der Waals surface area contributed by atoms with Crippen LogP contribution in [0.25, 0.3) is 0 Å². The van der Waals surface area contributed by atoms with Gasteiger partial charge >= 0.3 is 11.9 Å². The summed E-state index contributed by atoms with van der Waals surface area (Å²) in [5, 5.41) is 2.43. The van der Waals surface area contributed by atoms with Crippen molar-refractivity contribution in [1.29, 1.82) is 0 Å². The zero-order valence-corrected chi connectivity index (χ0v) is 38.9. The lowest BCUT2D eigenvalue weighted by Gasteiger charge is -2.24. The van der Waals surface area contributed by atoms with E-state index >= 15 is 0 Å². The predicted molar refractivity (Wildman–Crippen MR) is 249 cm³/mol. The minimum absolute atomic E-state index is 0. The molecule has 0 heterocycles. The molecule has 0 aromatic rings. The van der Waals surface area contributed by atoms with Crippen molar-refractivity contribution in [3.8, 4) is 0 Å². The second kappa shape index (κ2) is 43.9. The van der Waals surface area contributed by atoms with Crippen LogP contribution in [-0.2, 0) is 19.1 Å². The highest BCUT2D eigenvalue weighted by Gasteiger charge is 2.15. The van der Waals surface area contributed by atoms with Gasteiger partial charge in [-0.25, -0.2) is 5.01 Å². The first-order valence-electron chi connectivity index (χ1n) is 24.7. The van der Waals surface area contributed by atoms with Crippen molar-refractivity contribution in [2.45, 2.75) is 245 Å². The molecule has 57 heavy (non-hydrogen) atoms. The van der Waals surface area contributed by atoms with E-state index in [1.165, 1.54) is 103 Å². The molecular formula is C50H99N3O4. The van der Waals surface area contributed by atoms with Gasteiger partial charge in [-0.1, -0.05) is 155 Å². The lowest BCUT2D eigenvalue weighted by atomic mass is 10.1. The highest BCUT2D eigenvalue weighted by Crippen LogP contribution is 2.17. The molecule has 338 valence electrons. The topological polar surface area (TPSA) is 71.1 Å². The first kappa shape index (κ1) is 55.3. The number of allylic oxidation sites excluding steroid dienone is 2. The normalized spacial score (nSPS) is 13.1. The molecule has 2 unspecified atom stereocenters. The van der Waals surface area contributed by atoms with Crippen molar-refractivity contribution in [2.24, 2.45) is 0 Å². The fourth-order valence-corrected chi connectivity index (χ4v) is 7.20. The highest BCUT2D eigenvalue weighted by atomic mass is 16.5. The van der Waals surface area contributed by atoms with E-state index in [1.807, 2.05) is 0 Å². The summed E-state index contributed by atoms with van der Waals surface area (Å²) >= 11 is 0. The number of hydrogen-bond acceptors (Lipinski definition) is 7. The number of hydrazine groups is 1. The number of carbonyl (C=O) groups excluding carboxylic acids is 2. The zero-order valence-electron chi connectivity index (χ0n) is 38.9. The van der Waals surface area contributed by atoms with Crippen molar-refractivity contribution >= 4 is 11.9 Å². The van der Waals surface area contributed by atoms with E-state index in [2.05, 4.69) is 81.4 Å². The van der Waals surface area contributed by atoms with Gasteiger partial charge in [0.15, 0.2) is 0 Å². The Morgan fingerprint density at radius 2 is 0.877 bits per heavy atom. The van der Waals surface area contributed by atoms with Crippen molar-refractivity contribution < 1.29 is 20.5 Å². The van der Waals surface area contributed by atoms with Gasteiger partial charge in [0.2, 0.25) is 0 Å². The Morgan fingerprint density at radius 1 is 0.491 bits per heavy atom. The minimum Gasteiger partial charge on any atom is -0.462 e. The number of carbonyl (C=O) groups is 2. The molecule has 0 bridgehead atoms. The Kier molecular flexibility index (Phi) is 42.6. The van der Waals surface area contributed by atoms with Crippen LogP contribution in [0.1, 0.15) is 235 Å². The first-order chi connectivity index (χ1) is 27.9. The molecule has 1 N–H and O–H groups in total. The quantitative estimate of drug-likeness (QED) is 0.0285. The van der Waals surface area contributed by atoms with Crippen LogP contribution in [0.5, 0.6) is 0 Å². The number of esters is 2. The summed E-state index contributed by atoms with van der Waals surface area (Å²) in [7, 11) is 4.25. The average molecular weight is 806 g/mol. The highest BCUT2D eigenvalue weighted by molar-refractivity contribution is 5.69. The van der Waals surface area contributed by atoms with Crippen LogP contribution in [-0.4, -0.2) is 74.3 Å². The molecule has 0 spiro atoms. The van der Waals surface area contributed by atoms with Gasteiger partial charge < -0.3 is 14.4 Å². The maximum absolute atomic E-state index is 12.7. The average Bonchev–Trinajstić information content (AvgIpc) is 3.19. The summed E-state index contributed by atoms with van der Waals surface area (Å²) in [5.41, 5.74) is 3.68. The number of nitrogens with one attached hydrogen (secondary N) is 1. The summed E-state index contributed by atoms with van der Waals surface area (Å²) in [6.45, 7) is 13.1. The van der Waals surface area contributed by atoms with Gasteiger partial charge in [-0.2, -0.15) is 0 Å². The predicted octanol–water partition coefficient (Wildman–Crippen LogP) is 14.1. The summed E-state index contributed by atoms with van der Waals surface area (Å²) in [4.78, 5) is 27.7. The Bertz CT molecular complexity index is 865. The van der Waals surface area contributed by atoms with Gasteiger partial charge in [0.25, 0.3) is 0 Å². The summed E-state index contributed by atoms with van der Waals surface area (Å²) in [5.74, 6) is -0.0197. The number of rotatable bonds is 44. The molecule has 0 rings (SSSR count). The van der Waals surface area contributed by atoms with E-state index < -0.39 is 0 Å². The molecule has 0 aromatic carbocycles. The van der Waals surface area contributed by atoms with Crippen LogP contribution in [0.15, 0.2) is 24.3 Å². The van der Waals surface area contributed by atoms with Gasteiger partial charge in [-0.15, -0.1) is 0 Å². The Hall–Kier alpha value is -1.70. The molecule has 7 nitrogen and oxygen atoms in total. The number of unbranched alkanes of at least 4 members (excludes halogenated alkanes) is 20. The summed E-state index contributed by atoms with van der Waals surface area (Å²) in [6, 6.07) is 0. The molecule has 0 fully saturated rings. The Morgan fingerprint density at radius 3 is 1.30 bits per heavy atom. The van der Waals surface area contributed by atoms with Gasteiger partial charge in [-0.3, -0.25) is 15.0 Å². The van der Waals surface area contributed by atoms with Crippen LogP contribution in [0.3, 0.4) is 0 Å². The van der Waals surface area contributed by atoms with E-state index in [0.29, 0.717) is 12.8 Å². The molecule has 0 radical (unpaired) electrons. The van der Waals surface area contributed by atoms with E-state index in [0.717, 1.165) is 116 Å². The van der Waals surface area contributed by atoms with Gasteiger partial charge in [-0.05, 0) is 91.1 Å². The standard InChI is InChI=1S/C50H97N3O4.H2/c1-7-11-15-19-23-31-39-47(37-29-17-13-9-3)56-49(54)41-33-25-21-27-35-44-53(51-43-46-52(5)6)45-36-28-22-26-34-42-50(55)57-48(38-30-18-14-10-4)40-32-24-20-16-12-8-2;/h23-24,31-32,47-48,51H,7-22,25-30,33-46H2,1-6H3;1H/b31-23-,32-24-;. The van der Waals surface area contributed by atoms with Crippen LogP contribution < -0.4 is 5.43 Å². The molecule has 0 saturated carbocycles.